The topological polar surface area (TPSA) is 245 Å². The van der Waals surface area contributed by atoms with Crippen LogP contribution in [-0.2, 0) is 31.8 Å². The standard InChI is InChI=1S/C24H29Br2N2.2C9H6N4O4S.Co/c1-6-24(4)20-15-18(25)11-13-22(20)27(5)23(24)14-10-17-9-12-19(16-21(17)26)28(7-2)8-3;2*14-5-1-2-6(7(15)3-5)11-12-9-10-4-8(18-9)13(16)17;/h9-16H,6-8H2,1-5H3;2*1-4H,(H2,10,12,14,15);/q+1;;;/p-2. The molecule has 0 saturated heterocycles. The summed E-state index contributed by atoms with van der Waals surface area (Å²) in [5.41, 5.74) is 6.67. The Morgan fingerprint density at radius 3 is 1.75 bits per heavy atom. The fraction of sp³-hybridized carbons (Fsp3) is 0.214. The summed E-state index contributed by atoms with van der Waals surface area (Å²) in [6.45, 7) is 11.0. The summed E-state index contributed by atoms with van der Waals surface area (Å²) >= 11 is 8.93. The first-order valence-corrected chi connectivity index (χ1v) is 22.4. The maximum absolute atomic E-state index is 10.9. The van der Waals surface area contributed by atoms with Crippen molar-refractivity contribution in [2.45, 2.75) is 39.5 Å². The van der Waals surface area contributed by atoms with Crippen LogP contribution in [0.2, 0.25) is 0 Å². The van der Waals surface area contributed by atoms with Gasteiger partial charge in [0.2, 0.25) is 5.69 Å². The van der Waals surface area contributed by atoms with E-state index in [9.17, 15) is 40.0 Å². The molecule has 341 valence electrons. The molecular formula is C42H39Br2CoN10O8S2-. The number of rotatable bonds is 10. The van der Waals surface area contributed by atoms with E-state index in [1.807, 2.05) is 0 Å². The normalized spacial score (nSPS) is 18.2. The second-order valence-electron chi connectivity index (χ2n) is 13.7. The molecule has 0 bridgehead atoms. The summed E-state index contributed by atoms with van der Waals surface area (Å²) in [4.78, 5) is 51.3. The number of carbonyl (C=O) groups excluding carboxylic acids is 2. The van der Waals surface area contributed by atoms with Gasteiger partial charge in [0.05, 0.1) is 15.3 Å². The number of allylic oxidation sites excluding steroid dienone is 7. The number of nitro groups is 2. The van der Waals surface area contributed by atoms with E-state index in [0.29, 0.717) is 0 Å². The molecule has 1 unspecified atom stereocenters. The van der Waals surface area contributed by atoms with Gasteiger partial charge in [-0.3, -0.25) is 40.0 Å². The predicted molar refractivity (Wildman–Crippen MR) is 254 cm³/mol. The van der Waals surface area contributed by atoms with Crippen molar-refractivity contribution in [3.8, 4) is 0 Å². The molecule has 1 aliphatic heterocycles. The third-order valence-electron chi connectivity index (χ3n) is 9.78. The van der Waals surface area contributed by atoms with Crippen molar-refractivity contribution < 1.29 is 51.0 Å². The molecular weight excluding hydrogens is 1060 g/mol. The van der Waals surface area contributed by atoms with Crippen molar-refractivity contribution >= 4 is 111 Å². The summed E-state index contributed by atoms with van der Waals surface area (Å²) in [6, 6.07) is 13.2. The van der Waals surface area contributed by atoms with Gasteiger partial charge in [0.15, 0.2) is 17.3 Å². The number of aliphatic hydroxyl groups excluding tert-OH is 2. The predicted octanol–water partition coefficient (Wildman–Crippen LogP) is 8.07. The van der Waals surface area contributed by atoms with Crippen molar-refractivity contribution in [1.29, 1.82) is 0 Å². The second-order valence-corrected chi connectivity index (χ2v) is 17.4. The van der Waals surface area contributed by atoms with Gasteiger partial charge in [-0.1, -0.05) is 67.5 Å². The average molecular weight is 1090 g/mol. The molecule has 1 radical (unpaired) electrons. The summed E-state index contributed by atoms with van der Waals surface area (Å²) < 4.78 is 4.60. The number of fused-ring (bicyclic) bond motifs is 1. The van der Waals surface area contributed by atoms with Crippen LogP contribution in [-0.4, -0.2) is 73.5 Å². The van der Waals surface area contributed by atoms with Crippen molar-refractivity contribution in [1.82, 2.24) is 9.97 Å². The molecule has 0 saturated carbocycles. The van der Waals surface area contributed by atoms with E-state index in [1.165, 1.54) is 52.5 Å². The van der Waals surface area contributed by atoms with E-state index in [-0.39, 0.29) is 76.3 Å². The van der Waals surface area contributed by atoms with Crippen LogP contribution in [0.3, 0.4) is 0 Å². The minimum atomic E-state index is -0.583. The summed E-state index contributed by atoms with van der Waals surface area (Å²) in [5.74, 6) is -1.32. The third kappa shape index (κ3) is 13.1. The summed E-state index contributed by atoms with van der Waals surface area (Å²) in [6.07, 6.45) is 14.7. The minimum absolute atomic E-state index is 0. The smallest absolute Gasteiger partial charge is 0.319 e. The number of hydrogen-bond acceptors (Lipinski definition) is 15. The number of ketones is 2. The Bertz CT molecular complexity index is 2780. The van der Waals surface area contributed by atoms with Crippen LogP contribution < -0.4 is 24.5 Å². The Hall–Kier alpha value is -5.98. The van der Waals surface area contributed by atoms with E-state index in [0.717, 1.165) is 75.7 Å². The number of aliphatic hydroxyl groups is 2. The molecule has 23 heteroatoms. The zero-order valence-corrected chi connectivity index (χ0v) is 40.9. The van der Waals surface area contributed by atoms with E-state index in [2.05, 4.69) is 155 Å². The van der Waals surface area contributed by atoms with Gasteiger partial charge >= 0.3 is 10.0 Å². The molecule has 0 spiro atoms. The van der Waals surface area contributed by atoms with E-state index < -0.39 is 9.85 Å². The number of hydrogen-bond donors (Lipinski definition) is 2. The van der Waals surface area contributed by atoms with Crippen LogP contribution in [0.4, 0.5) is 21.4 Å². The van der Waals surface area contributed by atoms with Crippen LogP contribution in [0, 0.1) is 20.2 Å². The zero-order valence-electron chi connectivity index (χ0n) is 35.1. The van der Waals surface area contributed by atoms with Gasteiger partial charge in [0, 0.05) is 96.4 Å². The molecule has 2 aliphatic carbocycles. The largest absolute Gasteiger partial charge is 0.506 e. The molecule has 2 N–H and O–H groups in total. The maximum atomic E-state index is 10.9. The Kier molecular flexibility index (Phi) is 18.5. The van der Waals surface area contributed by atoms with Gasteiger partial charge in [-0.15, -0.1) is 0 Å². The first kappa shape index (κ1) is 51.6. The average Bonchev–Trinajstić information content (AvgIpc) is 3.99. The molecule has 1 atom stereocenters. The van der Waals surface area contributed by atoms with Crippen LogP contribution in [0.15, 0.2) is 132 Å². The van der Waals surface area contributed by atoms with Crippen molar-refractivity contribution in [2.75, 3.05) is 25.0 Å². The Morgan fingerprint density at radius 1 is 0.800 bits per heavy atom. The Balaban J connectivity index is 0.000000220. The molecule has 0 fully saturated rings. The van der Waals surface area contributed by atoms with Crippen LogP contribution in [0.1, 0.15) is 45.2 Å². The fourth-order valence-corrected chi connectivity index (χ4v) is 8.26. The SMILES string of the molecule is CCN(CC)c1ccc(/C=C/C2=[N+](C)c3ccc(Br)cc3C2(C)CC)c(Br)c1.O=C1C=CC(=NN=c2[n-]cc([N+](=O)[O-])s2)C(O)=C1.O=C1C=CC(=NN=c2[n-]cc([N+](=O)[O-])s2)C(O)=C1.[Co]. The number of aromatic nitrogens is 2. The van der Waals surface area contributed by atoms with Gasteiger partial charge in [0.25, 0.3) is 0 Å². The number of benzene rings is 2. The molecule has 3 aliphatic rings. The number of thiazole rings is 2. The quantitative estimate of drug-likeness (QED) is 0.0665. The summed E-state index contributed by atoms with van der Waals surface area (Å²) in [7, 11) is 2.17. The molecule has 4 aromatic rings. The molecule has 65 heavy (non-hydrogen) atoms. The molecule has 7 rings (SSSR count). The summed E-state index contributed by atoms with van der Waals surface area (Å²) in [5, 5.41) is 53.9. The van der Waals surface area contributed by atoms with E-state index >= 15 is 0 Å². The number of nitrogens with zero attached hydrogens (tertiary/aromatic N) is 10. The first-order valence-electron chi connectivity index (χ1n) is 19.2. The van der Waals surface area contributed by atoms with Gasteiger partial charge in [-0.25, -0.2) is 0 Å². The van der Waals surface area contributed by atoms with Crippen molar-refractivity contribution in [3.63, 3.8) is 0 Å². The number of halogens is 2. The fourth-order valence-electron chi connectivity index (χ4n) is 6.30. The minimum Gasteiger partial charge on any atom is -0.506 e. The van der Waals surface area contributed by atoms with Gasteiger partial charge in [-0.05, 0) is 87.4 Å². The monoisotopic (exact) mass is 1090 g/mol. The van der Waals surface area contributed by atoms with Crippen molar-refractivity contribution in [3.05, 3.63) is 153 Å². The number of anilines is 1. The van der Waals surface area contributed by atoms with Crippen LogP contribution in [0.25, 0.3) is 6.08 Å². The number of carbonyl (C=O) groups is 2. The Labute approximate surface area is 406 Å². The molecule has 0 amide bonds. The Morgan fingerprint density at radius 2 is 1.32 bits per heavy atom. The first-order chi connectivity index (χ1) is 30.5. The zero-order chi connectivity index (χ0) is 46.7. The van der Waals surface area contributed by atoms with Crippen LogP contribution in [0.5, 0.6) is 0 Å². The van der Waals surface area contributed by atoms with Gasteiger partial charge in [-0.2, -0.15) is 4.58 Å². The second kappa shape index (κ2) is 23.3. The third-order valence-corrected chi connectivity index (χ3v) is 12.6. The molecule has 3 heterocycles. The van der Waals surface area contributed by atoms with Crippen LogP contribution >= 0.6 is 54.5 Å². The van der Waals surface area contributed by atoms with Gasteiger partial charge in [0.1, 0.15) is 30.0 Å². The molecule has 2 aromatic carbocycles. The molecule has 2 aromatic heterocycles. The van der Waals surface area contributed by atoms with Crippen molar-refractivity contribution in [2.24, 2.45) is 20.4 Å². The maximum Gasteiger partial charge on any atom is 0.319 e. The van der Waals surface area contributed by atoms with E-state index in [4.69, 9.17) is 0 Å². The van der Waals surface area contributed by atoms with E-state index in [1.54, 1.807) is 0 Å². The van der Waals surface area contributed by atoms with Gasteiger partial charge < -0.3 is 35.3 Å². The molecule has 18 nitrogen and oxygen atoms in total.